The van der Waals surface area contributed by atoms with Crippen molar-refractivity contribution in [3.05, 3.63) is 83.6 Å². The van der Waals surface area contributed by atoms with E-state index < -0.39 is 11.5 Å². The van der Waals surface area contributed by atoms with E-state index in [-0.39, 0.29) is 5.91 Å². The fourth-order valence-corrected chi connectivity index (χ4v) is 3.49. The molecule has 4 heteroatoms. The average molecular weight is 305 g/mol. The minimum absolute atomic E-state index is 0.142. The van der Waals surface area contributed by atoms with Gasteiger partial charge in [-0.1, -0.05) is 55.1 Å². The summed E-state index contributed by atoms with van der Waals surface area (Å²) in [6.45, 7) is 4.14. The Balaban J connectivity index is 1.86. The van der Waals surface area contributed by atoms with E-state index in [9.17, 15) is 9.59 Å². The first-order valence-electron chi connectivity index (χ1n) is 7.48. The Bertz CT molecular complexity index is 828. The summed E-state index contributed by atoms with van der Waals surface area (Å²) in [5, 5.41) is 0. The van der Waals surface area contributed by atoms with E-state index in [4.69, 9.17) is 4.74 Å². The fraction of sp³-hybridized carbons (Fsp3) is 0.158. The number of benzene rings is 2. The summed E-state index contributed by atoms with van der Waals surface area (Å²) in [4.78, 5) is 27.2. The normalized spacial score (nSPS) is 22.6. The van der Waals surface area contributed by atoms with Crippen molar-refractivity contribution >= 4 is 11.9 Å². The molecular formula is C19H15NO3. The maximum absolute atomic E-state index is 12.9. The number of rotatable bonds is 2. The van der Waals surface area contributed by atoms with Crippen molar-refractivity contribution in [2.45, 2.75) is 18.5 Å². The van der Waals surface area contributed by atoms with Crippen molar-refractivity contribution in [2.75, 3.05) is 0 Å². The van der Waals surface area contributed by atoms with Gasteiger partial charge < -0.3 is 9.64 Å². The first-order chi connectivity index (χ1) is 11.1. The second-order valence-electron chi connectivity index (χ2n) is 5.89. The standard InChI is InChI=1S/C19H15NO3/c1-13-11-19(18(22)23-13)16-10-6-5-9-15(16)17(21)20(19)12-14-7-3-2-4-8-14/h2-10H,1,11-12H2. The number of nitrogens with zero attached hydrogens (tertiary/aromatic N) is 1. The topological polar surface area (TPSA) is 46.6 Å². The highest BCUT2D eigenvalue weighted by molar-refractivity contribution is 6.06. The lowest BCUT2D eigenvalue weighted by atomic mass is 9.87. The second-order valence-corrected chi connectivity index (χ2v) is 5.89. The third kappa shape index (κ3) is 1.84. The van der Waals surface area contributed by atoms with Gasteiger partial charge in [-0.3, -0.25) is 4.79 Å². The van der Waals surface area contributed by atoms with Crippen LogP contribution < -0.4 is 0 Å². The fourth-order valence-electron chi connectivity index (χ4n) is 3.49. The minimum atomic E-state index is -1.08. The molecule has 1 unspecified atom stereocenters. The molecule has 2 aliphatic heterocycles. The van der Waals surface area contributed by atoms with Gasteiger partial charge in [0.25, 0.3) is 5.91 Å². The molecule has 2 aromatic carbocycles. The summed E-state index contributed by atoms with van der Waals surface area (Å²) in [6.07, 6.45) is 0.307. The number of hydrogen-bond acceptors (Lipinski definition) is 3. The monoisotopic (exact) mass is 305 g/mol. The summed E-state index contributed by atoms with van der Waals surface area (Å²) in [5.41, 5.74) is 1.17. The molecule has 0 radical (unpaired) electrons. The first-order valence-corrected chi connectivity index (χ1v) is 7.48. The highest BCUT2D eigenvalue weighted by atomic mass is 16.5. The molecule has 0 aliphatic carbocycles. The van der Waals surface area contributed by atoms with Crippen molar-refractivity contribution < 1.29 is 14.3 Å². The Morgan fingerprint density at radius 1 is 1.04 bits per heavy atom. The molecule has 0 N–H and O–H groups in total. The van der Waals surface area contributed by atoms with Gasteiger partial charge in [-0.05, 0) is 11.6 Å². The molecule has 1 amide bonds. The van der Waals surface area contributed by atoms with Crippen LogP contribution in [0, 0.1) is 0 Å². The van der Waals surface area contributed by atoms with Gasteiger partial charge in [-0.15, -0.1) is 0 Å². The molecule has 4 rings (SSSR count). The summed E-state index contributed by atoms with van der Waals surface area (Å²) in [5.74, 6) is -0.162. The van der Waals surface area contributed by atoms with E-state index in [0.29, 0.717) is 29.9 Å². The molecule has 0 saturated carbocycles. The minimum Gasteiger partial charge on any atom is -0.430 e. The van der Waals surface area contributed by atoms with Crippen LogP contribution in [-0.4, -0.2) is 16.8 Å². The molecule has 1 fully saturated rings. The van der Waals surface area contributed by atoms with E-state index in [1.54, 1.807) is 11.0 Å². The van der Waals surface area contributed by atoms with Crippen molar-refractivity contribution in [1.82, 2.24) is 4.90 Å². The predicted molar refractivity (Wildman–Crippen MR) is 84.3 cm³/mol. The summed E-state index contributed by atoms with van der Waals surface area (Å²) in [7, 11) is 0. The van der Waals surface area contributed by atoms with Crippen LogP contribution in [0.3, 0.4) is 0 Å². The zero-order valence-electron chi connectivity index (χ0n) is 12.5. The molecule has 1 atom stereocenters. The Morgan fingerprint density at radius 3 is 2.43 bits per heavy atom. The number of fused-ring (bicyclic) bond motifs is 2. The predicted octanol–water partition coefficient (Wildman–Crippen LogP) is 3.00. The van der Waals surface area contributed by atoms with Crippen LogP contribution >= 0.6 is 0 Å². The molecule has 2 aliphatic rings. The Kier molecular flexibility index (Phi) is 2.88. The third-order valence-corrected chi connectivity index (χ3v) is 4.52. The number of carbonyl (C=O) groups excluding carboxylic acids is 2. The maximum Gasteiger partial charge on any atom is 0.342 e. The van der Waals surface area contributed by atoms with Crippen LogP contribution in [0.2, 0.25) is 0 Å². The van der Waals surface area contributed by atoms with Crippen molar-refractivity contribution in [3.8, 4) is 0 Å². The zero-order chi connectivity index (χ0) is 16.0. The highest BCUT2D eigenvalue weighted by Crippen LogP contribution is 2.48. The largest absolute Gasteiger partial charge is 0.430 e. The second kappa shape index (κ2) is 4.81. The molecule has 4 nitrogen and oxygen atoms in total. The van der Waals surface area contributed by atoms with Gasteiger partial charge in [0.2, 0.25) is 0 Å². The number of carbonyl (C=O) groups is 2. The SMILES string of the molecule is C=C1CC2(C(=O)O1)c1ccccc1C(=O)N2Cc1ccccc1. The van der Waals surface area contributed by atoms with Crippen molar-refractivity contribution in [2.24, 2.45) is 0 Å². The highest BCUT2D eigenvalue weighted by Gasteiger charge is 2.59. The number of hydrogen-bond donors (Lipinski definition) is 0. The van der Waals surface area contributed by atoms with Gasteiger partial charge in [0, 0.05) is 24.1 Å². The first kappa shape index (κ1) is 13.8. The summed E-state index contributed by atoms with van der Waals surface area (Å²) >= 11 is 0. The molecule has 114 valence electrons. The Morgan fingerprint density at radius 2 is 1.74 bits per heavy atom. The van der Waals surface area contributed by atoms with Crippen LogP contribution in [0.25, 0.3) is 0 Å². The van der Waals surface area contributed by atoms with E-state index in [0.717, 1.165) is 5.56 Å². The zero-order valence-corrected chi connectivity index (χ0v) is 12.5. The lowest BCUT2D eigenvalue weighted by molar-refractivity contribution is -0.145. The number of ether oxygens (including phenoxy) is 1. The third-order valence-electron chi connectivity index (χ3n) is 4.52. The van der Waals surface area contributed by atoms with Gasteiger partial charge in [0.15, 0.2) is 5.54 Å². The smallest absolute Gasteiger partial charge is 0.342 e. The van der Waals surface area contributed by atoms with Crippen LogP contribution in [-0.2, 0) is 21.6 Å². The lowest BCUT2D eigenvalue weighted by Crippen LogP contribution is -2.46. The summed E-state index contributed by atoms with van der Waals surface area (Å²) < 4.78 is 5.24. The van der Waals surface area contributed by atoms with Crippen LogP contribution in [0.5, 0.6) is 0 Å². The van der Waals surface area contributed by atoms with E-state index >= 15 is 0 Å². The molecule has 0 bridgehead atoms. The van der Waals surface area contributed by atoms with Gasteiger partial charge in [0.1, 0.15) is 5.76 Å². The van der Waals surface area contributed by atoms with E-state index in [1.807, 2.05) is 48.5 Å². The molecule has 0 aromatic heterocycles. The van der Waals surface area contributed by atoms with Gasteiger partial charge in [-0.25, -0.2) is 4.79 Å². The van der Waals surface area contributed by atoms with E-state index in [1.165, 1.54) is 0 Å². The number of esters is 1. The van der Waals surface area contributed by atoms with Crippen LogP contribution in [0.1, 0.15) is 27.9 Å². The quantitative estimate of drug-likeness (QED) is 0.801. The van der Waals surface area contributed by atoms with Crippen LogP contribution in [0.15, 0.2) is 66.9 Å². The van der Waals surface area contributed by atoms with Gasteiger partial charge >= 0.3 is 5.97 Å². The van der Waals surface area contributed by atoms with E-state index in [2.05, 4.69) is 6.58 Å². The Labute approximate surface area is 134 Å². The molecular weight excluding hydrogens is 290 g/mol. The number of amides is 1. The van der Waals surface area contributed by atoms with Crippen molar-refractivity contribution in [1.29, 1.82) is 0 Å². The maximum atomic E-state index is 12.9. The van der Waals surface area contributed by atoms with Crippen LogP contribution in [0.4, 0.5) is 0 Å². The molecule has 23 heavy (non-hydrogen) atoms. The Hall–Kier alpha value is -2.88. The number of cyclic esters (lactones) is 1. The lowest BCUT2D eigenvalue weighted by Gasteiger charge is -2.31. The van der Waals surface area contributed by atoms with Crippen molar-refractivity contribution in [3.63, 3.8) is 0 Å². The molecule has 1 spiro atoms. The van der Waals surface area contributed by atoms with Gasteiger partial charge in [0.05, 0.1) is 0 Å². The molecule has 2 heterocycles. The average Bonchev–Trinajstić information content (AvgIpc) is 2.99. The molecule has 2 aromatic rings. The molecule has 1 saturated heterocycles. The summed E-state index contributed by atoms with van der Waals surface area (Å²) in [6, 6.07) is 16.9. The van der Waals surface area contributed by atoms with Gasteiger partial charge in [-0.2, -0.15) is 0 Å².